The van der Waals surface area contributed by atoms with E-state index in [9.17, 15) is 33.6 Å². The van der Waals surface area contributed by atoms with Crippen LogP contribution in [0.2, 0.25) is 0 Å². The van der Waals surface area contributed by atoms with Gasteiger partial charge in [0.15, 0.2) is 0 Å². The molecule has 0 radical (unpaired) electrons. The lowest BCUT2D eigenvalue weighted by atomic mass is 10.0. The summed E-state index contributed by atoms with van der Waals surface area (Å²) in [6.45, 7) is 8.81. The summed E-state index contributed by atoms with van der Waals surface area (Å²) in [5.74, 6) is 2.98. The van der Waals surface area contributed by atoms with Crippen LogP contribution < -0.4 is 0 Å². The molecule has 7 aliphatic rings. The Labute approximate surface area is 441 Å². The average molecular weight is 1030 g/mol. The molecular formula is C59H100O14. The van der Waals surface area contributed by atoms with Gasteiger partial charge in [-0.2, -0.15) is 0 Å². The Bertz CT molecular complexity index is 1470. The maximum absolute atomic E-state index is 11.4. The summed E-state index contributed by atoms with van der Waals surface area (Å²) < 4.78 is 34.8. The summed E-state index contributed by atoms with van der Waals surface area (Å²) in [5, 5.41) is 0. The van der Waals surface area contributed by atoms with Crippen molar-refractivity contribution < 1.29 is 66.7 Å². The second kappa shape index (κ2) is 47.6. The maximum atomic E-state index is 11.4. The number of cyclic esters (lactones) is 7. The van der Waals surface area contributed by atoms with Crippen molar-refractivity contribution in [1.82, 2.24) is 0 Å². The minimum absolute atomic E-state index is 0.00797. The standard InChI is InChI=1S/C15H28O2.C10H18O2.C9H12O2.2C7H12O2.C6H10O2.C5H8O2/c16-15-13-11-9-7-5-3-1-2-4-6-8-10-12-14-17-15;1-2-3-6-9-7-4-5-8-10(11)12-9;1-2-5-8-6-3-4-7-9(10)11-8;1-6-2-3-7(8)9-5-4-6;1-6-4-2-3-5-7(8)9-6;7-6-4-2-1-3-5-8-6;6-5-3-1-2-4-7-5/h1-14H2;9H,2-8H2,1H3;1,8H,3-7H2;2*6H,2-5H2,1H3;1-5H2;1-4H2. The van der Waals surface area contributed by atoms with E-state index in [4.69, 9.17) is 34.8 Å². The first-order chi connectivity index (χ1) is 35.4. The Kier molecular flexibility index (Phi) is 43.6. The molecule has 0 bridgehead atoms. The highest BCUT2D eigenvalue weighted by molar-refractivity contribution is 5.71. The van der Waals surface area contributed by atoms with Crippen molar-refractivity contribution in [3.8, 4) is 12.3 Å². The van der Waals surface area contributed by atoms with Crippen molar-refractivity contribution in [3.05, 3.63) is 0 Å². The quantitative estimate of drug-likeness (QED) is 0.147. The zero-order chi connectivity index (χ0) is 53.4. The van der Waals surface area contributed by atoms with Crippen molar-refractivity contribution in [2.24, 2.45) is 5.92 Å². The van der Waals surface area contributed by atoms with E-state index in [1.54, 1.807) is 0 Å². The van der Waals surface area contributed by atoms with Gasteiger partial charge in [-0.3, -0.25) is 33.6 Å². The Morgan fingerprint density at radius 1 is 0.384 bits per heavy atom. The normalized spacial score (nSPS) is 24.8. The molecule has 14 heteroatoms. The van der Waals surface area contributed by atoms with Gasteiger partial charge in [0, 0.05) is 51.4 Å². The highest BCUT2D eigenvalue weighted by atomic mass is 16.6. The van der Waals surface area contributed by atoms with Crippen LogP contribution in [-0.2, 0) is 66.7 Å². The van der Waals surface area contributed by atoms with Crippen molar-refractivity contribution in [2.75, 3.05) is 26.4 Å². The SMILES string of the molecule is C#CCC1CCCCC(=O)O1.CC1CCCCC(=O)O1.CC1CCOC(=O)CC1.CCCCC1CCCCC(=O)O1.O=C1CCCCCCCCCCCCCCO1.O=C1CCCCCO1.O=C1CCCCO1. The van der Waals surface area contributed by atoms with E-state index in [1.165, 1.54) is 77.0 Å². The van der Waals surface area contributed by atoms with Crippen LogP contribution in [0.4, 0.5) is 0 Å². The van der Waals surface area contributed by atoms with Gasteiger partial charge in [-0.05, 0) is 135 Å². The molecular weight excluding hydrogens is 933 g/mol. The largest absolute Gasteiger partial charge is 0.466 e. The first-order valence-corrected chi connectivity index (χ1v) is 29.1. The second-order valence-corrected chi connectivity index (χ2v) is 20.4. The van der Waals surface area contributed by atoms with E-state index in [0.717, 1.165) is 122 Å². The van der Waals surface area contributed by atoms with Crippen LogP contribution in [0.1, 0.15) is 271 Å². The number of esters is 7. The topological polar surface area (TPSA) is 184 Å². The Morgan fingerprint density at radius 2 is 0.740 bits per heavy atom. The maximum Gasteiger partial charge on any atom is 0.306 e. The predicted molar refractivity (Wildman–Crippen MR) is 283 cm³/mol. The van der Waals surface area contributed by atoms with Gasteiger partial charge in [0.2, 0.25) is 0 Å². The van der Waals surface area contributed by atoms with Gasteiger partial charge in [0.05, 0.1) is 32.5 Å². The van der Waals surface area contributed by atoms with Crippen LogP contribution in [0.5, 0.6) is 0 Å². The second-order valence-electron chi connectivity index (χ2n) is 20.4. The molecule has 4 unspecified atom stereocenters. The van der Waals surface area contributed by atoms with Gasteiger partial charge < -0.3 is 33.2 Å². The number of hydrogen-bond acceptors (Lipinski definition) is 14. The third kappa shape index (κ3) is 43.9. The van der Waals surface area contributed by atoms with E-state index < -0.39 is 0 Å². The molecule has 73 heavy (non-hydrogen) atoms. The van der Waals surface area contributed by atoms with Gasteiger partial charge in [-0.1, -0.05) is 90.9 Å². The Hall–Kier alpha value is -4.15. The van der Waals surface area contributed by atoms with Gasteiger partial charge in [-0.25, -0.2) is 0 Å². The smallest absolute Gasteiger partial charge is 0.306 e. The summed E-state index contributed by atoms with van der Waals surface area (Å²) >= 11 is 0. The average Bonchev–Trinajstić information content (AvgIpc) is 3.97. The van der Waals surface area contributed by atoms with Crippen LogP contribution in [0, 0.1) is 18.3 Å². The van der Waals surface area contributed by atoms with Crippen LogP contribution in [0.15, 0.2) is 0 Å². The van der Waals surface area contributed by atoms with E-state index in [1.807, 2.05) is 6.92 Å². The number of unbranched alkanes of at least 4 members (excludes halogenated alkanes) is 1. The molecule has 14 nitrogen and oxygen atoms in total. The lowest BCUT2D eigenvalue weighted by molar-refractivity contribution is -0.149. The Balaban J connectivity index is 0.000000434. The molecule has 7 heterocycles. The first-order valence-electron chi connectivity index (χ1n) is 29.1. The molecule has 0 amide bonds. The fraction of sp³-hybridized carbons (Fsp3) is 0.847. The van der Waals surface area contributed by atoms with Crippen LogP contribution in [0.3, 0.4) is 0 Å². The van der Waals surface area contributed by atoms with Crippen molar-refractivity contribution in [2.45, 2.75) is 289 Å². The molecule has 0 N–H and O–H groups in total. The lowest BCUT2D eigenvalue weighted by Gasteiger charge is -2.13. The highest BCUT2D eigenvalue weighted by Gasteiger charge is 2.19. The molecule has 7 aliphatic heterocycles. The zero-order valence-corrected chi connectivity index (χ0v) is 46.0. The third-order valence-corrected chi connectivity index (χ3v) is 13.3. The molecule has 420 valence electrons. The number of hydrogen-bond donors (Lipinski definition) is 0. The van der Waals surface area contributed by atoms with Gasteiger partial charge >= 0.3 is 41.8 Å². The minimum atomic E-state index is -0.0947. The molecule has 0 saturated carbocycles. The molecule has 7 rings (SSSR count). The molecule has 0 aromatic rings. The number of ether oxygens (including phenoxy) is 7. The lowest BCUT2D eigenvalue weighted by Crippen LogP contribution is -2.14. The van der Waals surface area contributed by atoms with Crippen LogP contribution in [-0.4, -0.2) is 86.5 Å². The number of carbonyl (C=O) groups excluding carboxylic acids is 7. The molecule has 0 spiro atoms. The van der Waals surface area contributed by atoms with E-state index in [-0.39, 0.29) is 60.1 Å². The number of terminal acetylenes is 1. The van der Waals surface area contributed by atoms with E-state index in [2.05, 4.69) is 24.5 Å². The van der Waals surface area contributed by atoms with Crippen LogP contribution >= 0.6 is 0 Å². The molecule has 0 aromatic heterocycles. The van der Waals surface area contributed by atoms with E-state index in [0.29, 0.717) is 83.7 Å². The molecule has 7 saturated heterocycles. The van der Waals surface area contributed by atoms with Crippen molar-refractivity contribution in [1.29, 1.82) is 0 Å². The molecule has 7 fully saturated rings. The van der Waals surface area contributed by atoms with Crippen LogP contribution in [0.25, 0.3) is 0 Å². The summed E-state index contributed by atoms with van der Waals surface area (Å²) in [6, 6.07) is 0. The summed E-state index contributed by atoms with van der Waals surface area (Å²) in [5.41, 5.74) is 0. The number of carbonyl (C=O) groups is 7. The predicted octanol–water partition coefficient (Wildman–Crippen LogP) is 13.4. The number of rotatable bonds is 4. The molecule has 0 aromatic carbocycles. The van der Waals surface area contributed by atoms with Gasteiger partial charge in [-0.15, -0.1) is 12.3 Å². The molecule has 0 aliphatic carbocycles. The summed E-state index contributed by atoms with van der Waals surface area (Å²) in [6.07, 6.45) is 45.7. The van der Waals surface area contributed by atoms with E-state index >= 15 is 0 Å². The fourth-order valence-corrected chi connectivity index (χ4v) is 8.63. The highest BCUT2D eigenvalue weighted by Crippen LogP contribution is 2.20. The monoisotopic (exact) mass is 1030 g/mol. The van der Waals surface area contributed by atoms with Gasteiger partial charge in [0.1, 0.15) is 12.2 Å². The summed E-state index contributed by atoms with van der Waals surface area (Å²) in [7, 11) is 0. The first kappa shape index (κ1) is 66.9. The zero-order valence-electron chi connectivity index (χ0n) is 46.0. The minimum Gasteiger partial charge on any atom is -0.466 e. The Morgan fingerprint density at radius 3 is 1.23 bits per heavy atom. The van der Waals surface area contributed by atoms with Crippen molar-refractivity contribution in [3.63, 3.8) is 0 Å². The third-order valence-electron chi connectivity index (χ3n) is 13.3. The van der Waals surface area contributed by atoms with Gasteiger partial charge in [0.25, 0.3) is 0 Å². The molecule has 4 atom stereocenters. The summed E-state index contributed by atoms with van der Waals surface area (Å²) in [4.78, 5) is 75.2. The fourth-order valence-electron chi connectivity index (χ4n) is 8.63. The van der Waals surface area contributed by atoms with Crippen molar-refractivity contribution >= 4 is 41.8 Å².